The Labute approximate surface area is 211 Å². The minimum Gasteiger partial charge on any atom is -0.481 e. The average Bonchev–Trinajstić information content (AvgIpc) is 2.90. The van der Waals surface area contributed by atoms with Crippen molar-refractivity contribution in [2.45, 2.75) is 32.2 Å². The van der Waals surface area contributed by atoms with Crippen molar-refractivity contribution >= 4 is 11.9 Å². The van der Waals surface area contributed by atoms with E-state index >= 15 is 0 Å². The van der Waals surface area contributed by atoms with E-state index in [4.69, 9.17) is 29.3 Å². The summed E-state index contributed by atoms with van der Waals surface area (Å²) in [6.45, 7) is 3.17. The second kappa shape index (κ2) is 13.8. The maximum Gasteiger partial charge on any atom is 0.414 e. The Balaban J connectivity index is 0.000000538. The number of likely N-dealkylation sites (tertiary alicyclic amines) is 1. The molecule has 0 saturated carbocycles. The molecule has 3 aromatic rings. The summed E-state index contributed by atoms with van der Waals surface area (Å²) in [6.07, 6.45) is 6.53. The van der Waals surface area contributed by atoms with E-state index in [2.05, 4.69) is 34.1 Å². The van der Waals surface area contributed by atoms with Gasteiger partial charge in [-0.3, -0.25) is 4.90 Å². The van der Waals surface area contributed by atoms with Crippen LogP contribution in [0.4, 0.5) is 0 Å². The Kier molecular flexibility index (Phi) is 10.3. The lowest BCUT2D eigenvalue weighted by atomic mass is 9.90. The number of pyridine rings is 1. The van der Waals surface area contributed by atoms with E-state index in [1.807, 2.05) is 42.5 Å². The second-order valence-electron chi connectivity index (χ2n) is 8.56. The van der Waals surface area contributed by atoms with Gasteiger partial charge in [0.1, 0.15) is 11.5 Å². The summed E-state index contributed by atoms with van der Waals surface area (Å²) in [7, 11) is 1.69. The number of rotatable bonds is 8. The molecule has 190 valence electrons. The first-order chi connectivity index (χ1) is 17.5. The van der Waals surface area contributed by atoms with Crippen molar-refractivity contribution in [1.82, 2.24) is 9.88 Å². The fraction of sp³-hybridized carbons (Fsp3) is 0.321. The number of hydrogen-bond donors (Lipinski definition) is 2. The van der Waals surface area contributed by atoms with Crippen LogP contribution in [0.5, 0.6) is 17.4 Å². The highest BCUT2D eigenvalue weighted by atomic mass is 16.5. The first-order valence-electron chi connectivity index (χ1n) is 11.9. The third-order valence-electron chi connectivity index (χ3n) is 6.09. The van der Waals surface area contributed by atoms with Gasteiger partial charge >= 0.3 is 11.9 Å². The van der Waals surface area contributed by atoms with Gasteiger partial charge in [0.25, 0.3) is 0 Å². The number of ether oxygens (including phenoxy) is 2. The van der Waals surface area contributed by atoms with Crippen LogP contribution in [-0.4, -0.2) is 52.2 Å². The molecule has 0 bridgehead atoms. The Bertz CT molecular complexity index is 1100. The van der Waals surface area contributed by atoms with Crippen molar-refractivity contribution in [3.63, 3.8) is 0 Å². The zero-order valence-corrected chi connectivity index (χ0v) is 20.4. The molecule has 0 amide bonds. The molecule has 8 heteroatoms. The summed E-state index contributed by atoms with van der Waals surface area (Å²) in [6, 6.07) is 22.6. The number of carboxylic acid groups (broad SMARTS) is 2. The number of carbonyl (C=O) groups is 2. The van der Waals surface area contributed by atoms with Crippen molar-refractivity contribution in [2.24, 2.45) is 5.92 Å². The smallest absolute Gasteiger partial charge is 0.414 e. The van der Waals surface area contributed by atoms with E-state index in [1.165, 1.54) is 30.4 Å². The van der Waals surface area contributed by atoms with Gasteiger partial charge in [-0.1, -0.05) is 42.5 Å². The molecule has 4 rings (SSSR count). The van der Waals surface area contributed by atoms with Crippen LogP contribution in [0.2, 0.25) is 0 Å². The summed E-state index contributed by atoms with van der Waals surface area (Å²) < 4.78 is 11.5. The number of para-hydroxylation sites is 2. The van der Waals surface area contributed by atoms with Crippen molar-refractivity contribution in [3.8, 4) is 17.4 Å². The first kappa shape index (κ1) is 26.7. The summed E-state index contributed by atoms with van der Waals surface area (Å²) in [5.41, 5.74) is 2.47. The summed E-state index contributed by atoms with van der Waals surface area (Å²) in [5.74, 6) is -0.268. The predicted octanol–water partition coefficient (Wildman–Crippen LogP) is 4.88. The molecule has 0 radical (unpaired) electrons. The quantitative estimate of drug-likeness (QED) is 0.428. The van der Waals surface area contributed by atoms with Crippen LogP contribution >= 0.6 is 0 Å². The van der Waals surface area contributed by atoms with Crippen LogP contribution in [0.1, 0.15) is 30.4 Å². The topological polar surface area (TPSA) is 109 Å². The van der Waals surface area contributed by atoms with Gasteiger partial charge in [0.15, 0.2) is 0 Å². The van der Waals surface area contributed by atoms with Crippen LogP contribution in [0.3, 0.4) is 0 Å². The lowest BCUT2D eigenvalue weighted by Crippen LogP contribution is -2.33. The number of nitrogens with zero attached hydrogens (tertiary/aromatic N) is 2. The number of hydrogen-bond acceptors (Lipinski definition) is 6. The predicted molar refractivity (Wildman–Crippen MR) is 135 cm³/mol. The SMILES string of the molecule is COc1ncccc1CN1CCC(CCc2ccccc2Oc2ccccc2)CC1.O=C(O)C(=O)O. The highest BCUT2D eigenvalue weighted by Gasteiger charge is 2.20. The number of benzene rings is 2. The molecular weight excluding hydrogens is 460 g/mol. The number of aliphatic carboxylic acids is 2. The molecule has 1 aliphatic heterocycles. The highest BCUT2D eigenvalue weighted by molar-refractivity contribution is 6.27. The fourth-order valence-corrected chi connectivity index (χ4v) is 4.19. The third-order valence-corrected chi connectivity index (χ3v) is 6.09. The molecule has 2 aromatic carbocycles. The van der Waals surface area contributed by atoms with E-state index in [0.717, 1.165) is 49.4 Å². The van der Waals surface area contributed by atoms with Gasteiger partial charge in [0.2, 0.25) is 5.88 Å². The number of piperidine rings is 1. The zero-order valence-electron chi connectivity index (χ0n) is 20.4. The van der Waals surface area contributed by atoms with Gasteiger partial charge in [0.05, 0.1) is 7.11 Å². The number of aryl methyl sites for hydroxylation is 1. The van der Waals surface area contributed by atoms with E-state index in [9.17, 15) is 0 Å². The van der Waals surface area contributed by atoms with Crippen LogP contribution in [0.25, 0.3) is 0 Å². The van der Waals surface area contributed by atoms with Crippen LogP contribution in [0.15, 0.2) is 72.9 Å². The van der Waals surface area contributed by atoms with Crippen molar-refractivity contribution in [2.75, 3.05) is 20.2 Å². The zero-order chi connectivity index (χ0) is 25.8. The number of aromatic nitrogens is 1. The molecule has 1 aromatic heterocycles. The largest absolute Gasteiger partial charge is 0.481 e. The highest BCUT2D eigenvalue weighted by Crippen LogP contribution is 2.29. The van der Waals surface area contributed by atoms with Crippen LogP contribution < -0.4 is 9.47 Å². The Morgan fingerprint density at radius 2 is 1.56 bits per heavy atom. The van der Waals surface area contributed by atoms with E-state index in [-0.39, 0.29) is 0 Å². The molecule has 2 N–H and O–H groups in total. The van der Waals surface area contributed by atoms with E-state index in [1.54, 1.807) is 13.3 Å². The van der Waals surface area contributed by atoms with Crippen LogP contribution in [0, 0.1) is 5.92 Å². The molecule has 0 unspecified atom stereocenters. The molecule has 1 saturated heterocycles. The van der Waals surface area contributed by atoms with E-state index < -0.39 is 11.9 Å². The lowest BCUT2D eigenvalue weighted by Gasteiger charge is -2.32. The van der Waals surface area contributed by atoms with Crippen LogP contribution in [-0.2, 0) is 22.6 Å². The second-order valence-corrected chi connectivity index (χ2v) is 8.56. The Hall–Kier alpha value is -3.91. The van der Waals surface area contributed by atoms with Gasteiger partial charge in [0, 0.05) is 18.3 Å². The Morgan fingerprint density at radius 1 is 0.917 bits per heavy atom. The molecule has 8 nitrogen and oxygen atoms in total. The monoisotopic (exact) mass is 492 g/mol. The third kappa shape index (κ3) is 8.39. The molecule has 0 aliphatic carbocycles. The normalized spacial score (nSPS) is 13.8. The summed E-state index contributed by atoms with van der Waals surface area (Å²) in [5, 5.41) is 14.8. The van der Waals surface area contributed by atoms with Crippen molar-refractivity contribution < 1.29 is 29.3 Å². The van der Waals surface area contributed by atoms with Crippen molar-refractivity contribution in [3.05, 3.63) is 84.1 Å². The fourth-order valence-electron chi connectivity index (χ4n) is 4.19. The molecular formula is C28H32N2O6. The molecule has 1 fully saturated rings. The lowest BCUT2D eigenvalue weighted by molar-refractivity contribution is -0.159. The van der Waals surface area contributed by atoms with Gasteiger partial charge in [-0.2, -0.15) is 0 Å². The summed E-state index contributed by atoms with van der Waals surface area (Å²) >= 11 is 0. The maximum atomic E-state index is 9.10. The number of carboxylic acids is 2. The maximum absolute atomic E-state index is 9.10. The van der Waals surface area contributed by atoms with Crippen molar-refractivity contribution in [1.29, 1.82) is 0 Å². The standard InChI is InChI=1S/C26H30N2O2.C2H2O4/c1-29-26-23(9-7-17-27-26)20-28-18-15-21(16-19-28)13-14-22-8-5-6-12-25(22)30-24-10-3-2-4-11-24;3-1(4)2(5)6/h2-12,17,21H,13-16,18-20H2,1H3;(H,3,4)(H,5,6). The minimum absolute atomic E-state index is 0.745. The summed E-state index contributed by atoms with van der Waals surface area (Å²) in [4.78, 5) is 25.0. The molecule has 0 atom stereocenters. The molecule has 2 heterocycles. The van der Waals surface area contributed by atoms with Gasteiger partial charge in [-0.05, 0) is 74.5 Å². The van der Waals surface area contributed by atoms with Gasteiger partial charge in [-0.15, -0.1) is 0 Å². The molecule has 36 heavy (non-hydrogen) atoms. The minimum atomic E-state index is -1.82. The number of methoxy groups -OCH3 is 1. The molecule has 1 aliphatic rings. The average molecular weight is 493 g/mol. The van der Waals surface area contributed by atoms with E-state index in [0.29, 0.717) is 0 Å². The Morgan fingerprint density at radius 3 is 2.22 bits per heavy atom. The van der Waals surface area contributed by atoms with Gasteiger partial charge < -0.3 is 19.7 Å². The first-order valence-corrected chi connectivity index (χ1v) is 11.9. The van der Waals surface area contributed by atoms with Gasteiger partial charge in [-0.25, -0.2) is 14.6 Å². The molecule has 0 spiro atoms.